The van der Waals surface area contributed by atoms with Crippen molar-refractivity contribution in [1.29, 1.82) is 0 Å². The van der Waals surface area contributed by atoms with Gasteiger partial charge in [0.05, 0.1) is 16.4 Å². The van der Waals surface area contributed by atoms with Gasteiger partial charge in [-0.05, 0) is 68.0 Å². The summed E-state index contributed by atoms with van der Waals surface area (Å²) in [7, 11) is 0. The SMILES string of the molecule is CC1(C)C=C(c2ccn[nH]2)c2cc(-c3ccc(Cl)cc3)c(-c3ccc(Cl)cc3Cl)nc2O1. The van der Waals surface area contributed by atoms with Crippen LogP contribution >= 0.6 is 34.8 Å². The molecule has 1 aliphatic rings. The van der Waals surface area contributed by atoms with Crippen molar-refractivity contribution in [2.75, 3.05) is 0 Å². The van der Waals surface area contributed by atoms with Gasteiger partial charge in [0.1, 0.15) is 5.60 Å². The third-order valence-electron chi connectivity index (χ3n) is 5.26. The highest BCUT2D eigenvalue weighted by atomic mass is 35.5. The number of fused-ring (bicyclic) bond motifs is 1. The van der Waals surface area contributed by atoms with Gasteiger partial charge in [-0.3, -0.25) is 5.10 Å². The molecule has 0 fully saturated rings. The minimum atomic E-state index is -0.552. The fourth-order valence-electron chi connectivity index (χ4n) is 3.84. The van der Waals surface area contributed by atoms with E-state index >= 15 is 0 Å². The second kappa shape index (κ2) is 7.96. The van der Waals surface area contributed by atoms with Crippen molar-refractivity contribution >= 4 is 40.4 Å². The lowest BCUT2D eigenvalue weighted by Gasteiger charge is -2.31. The molecule has 0 aliphatic carbocycles. The molecular formula is C25H18Cl3N3O. The number of benzene rings is 2. The number of H-pyrrole nitrogens is 1. The van der Waals surface area contributed by atoms with Crippen LogP contribution in [-0.2, 0) is 0 Å². The number of hydrogen-bond donors (Lipinski definition) is 1. The van der Waals surface area contributed by atoms with Gasteiger partial charge in [0.15, 0.2) is 0 Å². The Morgan fingerprint density at radius 3 is 2.28 bits per heavy atom. The van der Waals surface area contributed by atoms with E-state index in [0.29, 0.717) is 26.6 Å². The molecule has 7 heteroatoms. The second-order valence-electron chi connectivity index (χ2n) is 8.10. The highest BCUT2D eigenvalue weighted by molar-refractivity contribution is 6.36. The summed E-state index contributed by atoms with van der Waals surface area (Å²) in [5.41, 5.74) is 5.51. The number of nitrogens with zero attached hydrogens (tertiary/aromatic N) is 2. The molecule has 0 saturated carbocycles. The van der Waals surface area contributed by atoms with E-state index in [1.807, 2.05) is 50.2 Å². The standard InChI is InChI=1S/C25H18Cl3N3O/c1-25(2)13-20(22-9-10-29-31-22)19-12-18(14-3-5-15(26)6-4-14)23(30-24(19)32-25)17-8-7-16(27)11-21(17)28/h3-13H,1-2H3,(H,29,31). The third kappa shape index (κ3) is 3.90. The quantitative estimate of drug-likeness (QED) is 0.325. The van der Waals surface area contributed by atoms with E-state index in [9.17, 15) is 0 Å². The summed E-state index contributed by atoms with van der Waals surface area (Å²) in [4.78, 5) is 4.97. The predicted octanol–water partition coefficient (Wildman–Crippen LogP) is 7.70. The summed E-state index contributed by atoms with van der Waals surface area (Å²) in [5.74, 6) is 0.529. The predicted molar refractivity (Wildman–Crippen MR) is 131 cm³/mol. The van der Waals surface area contributed by atoms with Crippen molar-refractivity contribution in [3.63, 3.8) is 0 Å². The van der Waals surface area contributed by atoms with Crippen LogP contribution < -0.4 is 4.74 Å². The lowest BCUT2D eigenvalue weighted by molar-refractivity contribution is 0.150. The van der Waals surface area contributed by atoms with Gasteiger partial charge < -0.3 is 4.74 Å². The molecule has 2 aromatic carbocycles. The average molecular weight is 483 g/mol. The van der Waals surface area contributed by atoms with E-state index < -0.39 is 5.60 Å². The van der Waals surface area contributed by atoms with Crippen LogP contribution in [0.5, 0.6) is 5.88 Å². The Kier molecular flexibility index (Phi) is 5.25. The summed E-state index contributed by atoms with van der Waals surface area (Å²) in [6.07, 6.45) is 3.80. The van der Waals surface area contributed by atoms with Crippen molar-refractivity contribution in [1.82, 2.24) is 15.2 Å². The molecule has 0 spiro atoms. The number of ether oxygens (including phenoxy) is 1. The van der Waals surface area contributed by atoms with Gasteiger partial charge in [-0.15, -0.1) is 0 Å². The molecule has 0 atom stereocenters. The number of aromatic nitrogens is 3. The van der Waals surface area contributed by atoms with Crippen molar-refractivity contribution in [2.45, 2.75) is 19.4 Å². The van der Waals surface area contributed by atoms with E-state index in [1.165, 1.54) is 0 Å². The molecule has 4 nitrogen and oxygen atoms in total. The Balaban J connectivity index is 1.80. The normalized spacial score (nSPS) is 14.5. The highest BCUT2D eigenvalue weighted by Gasteiger charge is 2.31. The molecule has 0 amide bonds. The van der Waals surface area contributed by atoms with Crippen LogP contribution in [0.25, 0.3) is 28.0 Å². The minimum absolute atomic E-state index is 0.513. The molecule has 1 aliphatic heterocycles. The van der Waals surface area contributed by atoms with Crippen LogP contribution in [-0.4, -0.2) is 20.8 Å². The molecule has 3 heterocycles. The van der Waals surface area contributed by atoms with Crippen LogP contribution in [0.1, 0.15) is 25.1 Å². The molecule has 0 bridgehead atoms. The first-order valence-corrected chi connectivity index (χ1v) is 11.1. The minimum Gasteiger partial charge on any atom is -0.467 e. The smallest absolute Gasteiger partial charge is 0.222 e. The van der Waals surface area contributed by atoms with E-state index in [2.05, 4.69) is 22.3 Å². The van der Waals surface area contributed by atoms with Gasteiger partial charge >= 0.3 is 0 Å². The van der Waals surface area contributed by atoms with Crippen molar-refractivity contribution in [2.24, 2.45) is 0 Å². The number of rotatable bonds is 3. The lowest BCUT2D eigenvalue weighted by atomic mass is 9.90. The first kappa shape index (κ1) is 21.1. The van der Waals surface area contributed by atoms with Crippen molar-refractivity contribution in [3.05, 3.63) is 93.2 Å². The lowest BCUT2D eigenvalue weighted by Crippen LogP contribution is -2.30. The van der Waals surface area contributed by atoms with E-state index in [0.717, 1.165) is 33.5 Å². The third-order valence-corrected chi connectivity index (χ3v) is 6.06. The van der Waals surface area contributed by atoms with Gasteiger partial charge in [0.25, 0.3) is 0 Å². The van der Waals surface area contributed by atoms with Gasteiger partial charge in [-0.2, -0.15) is 5.10 Å². The summed E-state index contributed by atoms with van der Waals surface area (Å²) < 4.78 is 6.27. The summed E-state index contributed by atoms with van der Waals surface area (Å²) >= 11 is 18.9. The Morgan fingerprint density at radius 1 is 0.844 bits per heavy atom. The number of halogens is 3. The molecule has 160 valence electrons. The molecule has 0 unspecified atom stereocenters. The number of nitrogens with one attached hydrogen (secondary N) is 1. The fraction of sp³-hybridized carbons (Fsp3) is 0.120. The maximum atomic E-state index is 6.59. The van der Waals surface area contributed by atoms with Gasteiger partial charge in [-0.25, -0.2) is 4.98 Å². The Bertz CT molecular complexity index is 1340. The fourth-order valence-corrected chi connectivity index (χ4v) is 4.46. The van der Waals surface area contributed by atoms with Crippen LogP contribution in [0.3, 0.4) is 0 Å². The molecule has 2 aromatic heterocycles. The summed E-state index contributed by atoms with van der Waals surface area (Å²) in [6.45, 7) is 3.99. The summed E-state index contributed by atoms with van der Waals surface area (Å²) in [6, 6.07) is 17.0. The topological polar surface area (TPSA) is 50.8 Å². The van der Waals surface area contributed by atoms with Crippen LogP contribution in [0, 0.1) is 0 Å². The van der Waals surface area contributed by atoms with Gasteiger partial charge in [-0.1, -0.05) is 46.9 Å². The van der Waals surface area contributed by atoms with Crippen LogP contribution in [0.4, 0.5) is 0 Å². The molecule has 5 rings (SSSR count). The molecule has 0 saturated heterocycles. The Labute approximate surface area is 200 Å². The van der Waals surface area contributed by atoms with Crippen molar-refractivity contribution < 1.29 is 4.74 Å². The Morgan fingerprint density at radius 2 is 1.59 bits per heavy atom. The second-order valence-corrected chi connectivity index (χ2v) is 9.38. The van der Waals surface area contributed by atoms with Crippen LogP contribution in [0.2, 0.25) is 15.1 Å². The number of hydrogen-bond acceptors (Lipinski definition) is 3. The molecule has 4 aromatic rings. The zero-order valence-electron chi connectivity index (χ0n) is 17.3. The molecule has 1 N–H and O–H groups in total. The first-order chi connectivity index (χ1) is 15.3. The Hall–Kier alpha value is -2.79. The maximum absolute atomic E-state index is 6.59. The van der Waals surface area contributed by atoms with Gasteiger partial charge in [0, 0.05) is 38.5 Å². The van der Waals surface area contributed by atoms with Crippen molar-refractivity contribution in [3.8, 4) is 28.3 Å². The zero-order valence-corrected chi connectivity index (χ0v) is 19.6. The maximum Gasteiger partial charge on any atom is 0.222 e. The van der Waals surface area contributed by atoms with Crippen LogP contribution in [0.15, 0.2) is 66.9 Å². The van der Waals surface area contributed by atoms with Gasteiger partial charge in [0.2, 0.25) is 5.88 Å². The van der Waals surface area contributed by atoms with E-state index in [-0.39, 0.29) is 0 Å². The van der Waals surface area contributed by atoms with E-state index in [1.54, 1.807) is 18.3 Å². The largest absolute Gasteiger partial charge is 0.467 e. The number of aromatic amines is 1. The zero-order chi connectivity index (χ0) is 22.5. The molecule has 32 heavy (non-hydrogen) atoms. The summed E-state index contributed by atoms with van der Waals surface area (Å²) in [5, 5.41) is 8.92. The molecular weight excluding hydrogens is 465 g/mol. The average Bonchev–Trinajstić information content (AvgIpc) is 3.27. The van der Waals surface area contributed by atoms with E-state index in [4.69, 9.17) is 44.5 Å². The monoisotopic (exact) mass is 481 g/mol. The number of pyridine rings is 1. The molecule has 0 radical (unpaired) electrons. The first-order valence-electron chi connectivity index (χ1n) is 9.99. The highest BCUT2D eigenvalue weighted by Crippen LogP contribution is 2.44.